The molecule has 4 heteroatoms. The average Bonchev–Trinajstić information content (AvgIpc) is 2.45. The summed E-state index contributed by atoms with van der Waals surface area (Å²) in [5, 5.41) is 3.26. The van der Waals surface area contributed by atoms with Gasteiger partial charge in [0.2, 0.25) is 0 Å². The predicted molar refractivity (Wildman–Crippen MR) is 58.9 cm³/mol. The molecule has 1 N–H and O–H groups in total. The highest BCUT2D eigenvalue weighted by atomic mass is 16.6. The summed E-state index contributed by atoms with van der Waals surface area (Å²) in [4.78, 5) is 4.22. The van der Waals surface area contributed by atoms with Gasteiger partial charge in [0, 0.05) is 12.6 Å². The Bertz CT molecular complexity index is 300. The zero-order valence-corrected chi connectivity index (χ0v) is 10.1. The SMILES string of the molecule is CC(C)NCc1coc(OC(C)(C)C)n1. The number of nitrogens with zero attached hydrogens (tertiary/aromatic N) is 1. The van der Waals surface area contributed by atoms with Crippen LogP contribution in [0.1, 0.15) is 40.3 Å². The molecule has 0 saturated carbocycles. The summed E-state index contributed by atoms with van der Waals surface area (Å²) in [5.41, 5.74) is 0.594. The largest absolute Gasteiger partial charge is 0.444 e. The lowest BCUT2D eigenvalue weighted by Gasteiger charge is -2.17. The summed E-state index contributed by atoms with van der Waals surface area (Å²) in [6.07, 6.45) is 1.96. The highest BCUT2D eigenvalue weighted by molar-refractivity contribution is 5.00. The van der Waals surface area contributed by atoms with E-state index in [1.807, 2.05) is 20.8 Å². The van der Waals surface area contributed by atoms with Gasteiger partial charge in [0.25, 0.3) is 0 Å². The van der Waals surface area contributed by atoms with E-state index in [1.165, 1.54) is 0 Å². The third-order valence-corrected chi connectivity index (χ3v) is 1.62. The standard InChI is InChI=1S/C11H20N2O2/c1-8(2)12-6-9-7-14-10(13-9)15-11(3,4)5/h7-8,12H,6H2,1-5H3. The molecule has 1 aromatic rings. The molecule has 0 aliphatic rings. The van der Waals surface area contributed by atoms with Gasteiger partial charge in [0.1, 0.15) is 11.9 Å². The zero-order chi connectivity index (χ0) is 11.5. The minimum Gasteiger partial charge on any atom is -0.444 e. The van der Waals surface area contributed by atoms with E-state index >= 15 is 0 Å². The van der Waals surface area contributed by atoms with Crippen molar-refractivity contribution in [3.63, 3.8) is 0 Å². The van der Waals surface area contributed by atoms with Gasteiger partial charge in [0.05, 0.1) is 5.69 Å². The summed E-state index contributed by atoms with van der Waals surface area (Å²) >= 11 is 0. The lowest BCUT2D eigenvalue weighted by Crippen LogP contribution is -2.23. The molecule has 4 nitrogen and oxygen atoms in total. The van der Waals surface area contributed by atoms with Crippen LogP contribution in [0.5, 0.6) is 6.08 Å². The minimum atomic E-state index is -0.270. The molecule has 15 heavy (non-hydrogen) atoms. The summed E-state index contributed by atoms with van der Waals surface area (Å²) in [6, 6.07) is 0.439. The van der Waals surface area contributed by atoms with E-state index in [0.29, 0.717) is 18.7 Å². The molecule has 0 aliphatic heterocycles. The van der Waals surface area contributed by atoms with Crippen molar-refractivity contribution in [2.75, 3.05) is 0 Å². The van der Waals surface area contributed by atoms with Gasteiger partial charge < -0.3 is 14.5 Å². The number of ether oxygens (including phenoxy) is 1. The number of hydrogen-bond donors (Lipinski definition) is 1. The molecule has 86 valence electrons. The van der Waals surface area contributed by atoms with Gasteiger partial charge in [0.15, 0.2) is 0 Å². The van der Waals surface area contributed by atoms with E-state index in [0.717, 1.165) is 5.69 Å². The fourth-order valence-corrected chi connectivity index (χ4v) is 0.987. The molecule has 0 amide bonds. The molecule has 0 unspecified atom stereocenters. The Morgan fingerprint density at radius 1 is 1.47 bits per heavy atom. The summed E-state index contributed by atoms with van der Waals surface area (Å²) in [7, 11) is 0. The van der Waals surface area contributed by atoms with Crippen LogP contribution in [-0.4, -0.2) is 16.6 Å². The van der Waals surface area contributed by atoms with Crippen LogP contribution in [0.25, 0.3) is 0 Å². The quantitative estimate of drug-likeness (QED) is 0.832. The molecule has 0 aromatic carbocycles. The molecule has 0 spiro atoms. The molecule has 0 radical (unpaired) electrons. The number of oxazole rings is 1. The van der Waals surface area contributed by atoms with Gasteiger partial charge in [-0.05, 0) is 20.8 Å². The number of hydrogen-bond acceptors (Lipinski definition) is 4. The Balaban J connectivity index is 2.49. The summed E-state index contributed by atoms with van der Waals surface area (Å²) in [5.74, 6) is 0. The Labute approximate surface area is 91.0 Å². The maximum Gasteiger partial charge on any atom is 0.394 e. The maximum absolute atomic E-state index is 5.48. The topological polar surface area (TPSA) is 47.3 Å². The molecule has 1 rings (SSSR count). The molecule has 0 aliphatic carbocycles. The Hall–Kier alpha value is -1.03. The third-order valence-electron chi connectivity index (χ3n) is 1.62. The van der Waals surface area contributed by atoms with Crippen molar-refractivity contribution in [2.45, 2.75) is 52.8 Å². The van der Waals surface area contributed by atoms with Crippen molar-refractivity contribution in [1.29, 1.82) is 0 Å². The van der Waals surface area contributed by atoms with Crippen molar-refractivity contribution >= 4 is 0 Å². The first-order valence-corrected chi connectivity index (χ1v) is 5.23. The highest BCUT2D eigenvalue weighted by Crippen LogP contribution is 2.16. The lowest BCUT2D eigenvalue weighted by molar-refractivity contribution is 0.0873. The second-order valence-electron chi connectivity index (χ2n) is 4.85. The van der Waals surface area contributed by atoms with Crippen molar-refractivity contribution in [2.24, 2.45) is 0 Å². The molecule has 1 heterocycles. The lowest BCUT2D eigenvalue weighted by atomic mass is 10.2. The maximum atomic E-state index is 5.48. The molecule has 0 bridgehead atoms. The number of rotatable bonds is 4. The monoisotopic (exact) mass is 212 g/mol. The third kappa shape index (κ3) is 4.83. The van der Waals surface area contributed by atoms with Crippen molar-refractivity contribution in [3.8, 4) is 6.08 Å². The second-order valence-corrected chi connectivity index (χ2v) is 4.85. The van der Waals surface area contributed by atoms with E-state index in [1.54, 1.807) is 6.26 Å². The molecular formula is C11H20N2O2. The van der Waals surface area contributed by atoms with Crippen LogP contribution in [0, 0.1) is 0 Å². The Kier molecular flexibility index (Phi) is 3.74. The van der Waals surface area contributed by atoms with Gasteiger partial charge in [-0.3, -0.25) is 0 Å². The normalized spacial score (nSPS) is 12.1. The Morgan fingerprint density at radius 3 is 2.67 bits per heavy atom. The van der Waals surface area contributed by atoms with E-state index in [-0.39, 0.29) is 5.60 Å². The van der Waals surface area contributed by atoms with E-state index in [2.05, 4.69) is 24.1 Å². The number of aromatic nitrogens is 1. The summed E-state index contributed by atoms with van der Waals surface area (Å²) in [6.45, 7) is 10.8. The van der Waals surface area contributed by atoms with Gasteiger partial charge in [-0.15, -0.1) is 0 Å². The fourth-order valence-electron chi connectivity index (χ4n) is 0.987. The molecule has 0 atom stereocenters. The van der Waals surface area contributed by atoms with E-state index < -0.39 is 0 Å². The molecule has 0 fully saturated rings. The van der Waals surface area contributed by atoms with E-state index in [4.69, 9.17) is 9.15 Å². The van der Waals surface area contributed by atoms with Crippen molar-refractivity contribution in [1.82, 2.24) is 10.3 Å². The molecule has 1 aromatic heterocycles. The smallest absolute Gasteiger partial charge is 0.394 e. The predicted octanol–water partition coefficient (Wildman–Crippen LogP) is 2.35. The van der Waals surface area contributed by atoms with Crippen LogP contribution >= 0.6 is 0 Å². The fraction of sp³-hybridized carbons (Fsp3) is 0.727. The molecule has 0 saturated heterocycles. The van der Waals surface area contributed by atoms with Gasteiger partial charge in [-0.1, -0.05) is 13.8 Å². The van der Waals surface area contributed by atoms with Crippen LogP contribution in [-0.2, 0) is 6.54 Å². The van der Waals surface area contributed by atoms with Gasteiger partial charge >= 0.3 is 6.08 Å². The van der Waals surface area contributed by atoms with Crippen molar-refractivity contribution < 1.29 is 9.15 Å². The molecular weight excluding hydrogens is 192 g/mol. The zero-order valence-electron chi connectivity index (χ0n) is 10.1. The van der Waals surface area contributed by atoms with Crippen LogP contribution in [0.2, 0.25) is 0 Å². The minimum absolute atomic E-state index is 0.270. The first kappa shape index (κ1) is 12.0. The van der Waals surface area contributed by atoms with Crippen LogP contribution in [0.3, 0.4) is 0 Å². The Morgan fingerprint density at radius 2 is 2.13 bits per heavy atom. The van der Waals surface area contributed by atoms with Gasteiger partial charge in [-0.2, -0.15) is 4.98 Å². The van der Waals surface area contributed by atoms with E-state index in [9.17, 15) is 0 Å². The first-order chi connectivity index (χ1) is 6.87. The van der Waals surface area contributed by atoms with Crippen LogP contribution in [0.15, 0.2) is 10.7 Å². The van der Waals surface area contributed by atoms with Crippen molar-refractivity contribution in [3.05, 3.63) is 12.0 Å². The van der Waals surface area contributed by atoms with Crippen LogP contribution < -0.4 is 10.1 Å². The van der Waals surface area contributed by atoms with Gasteiger partial charge in [-0.25, -0.2) is 0 Å². The first-order valence-electron chi connectivity index (χ1n) is 5.23. The number of nitrogens with one attached hydrogen (secondary N) is 1. The average molecular weight is 212 g/mol. The van der Waals surface area contributed by atoms with Crippen LogP contribution in [0.4, 0.5) is 0 Å². The second kappa shape index (κ2) is 4.66. The highest BCUT2D eigenvalue weighted by Gasteiger charge is 2.15. The summed E-state index contributed by atoms with van der Waals surface area (Å²) < 4.78 is 10.7.